The molecule has 0 aliphatic rings. The summed E-state index contributed by atoms with van der Waals surface area (Å²) >= 11 is 0. The number of rotatable bonds is 1. The van der Waals surface area contributed by atoms with Crippen LogP contribution >= 0.6 is 0 Å². The molecule has 2 aromatic carbocycles. The van der Waals surface area contributed by atoms with Crippen LogP contribution in [0.2, 0.25) is 0 Å². The molecule has 0 unspecified atom stereocenters. The van der Waals surface area contributed by atoms with E-state index < -0.39 is 0 Å². The lowest BCUT2D eigenvalue weighted by atomic mass is 10.1. The van der Waals surface area contributed by atoms with Crippen molar-refractivity contribution in [2.45, 2.75) is 0 Å². The SMILES string of the molecule is [c-]1ccccc1-c1ccccc1. The minimum absolute atomic E-state index is 1.15. The third-order valence-electron chi connectivity index (χ3n) is 1.79. The van der Waals surface area contributed by atoms with Gasteiger partial charge in [-0.3, -0.25) is 0 Å². The van der Waals surface area contributed by atoms with Crippen molar-refractivity contribution < 1.29 is 0 Å². The molecule has 0 atom stereocenters. The van der Waals surface area contributed by atoms with Gasteiger partial charge in [-0.2, -0.15) is 0 Å². The van der Waals surface area contributed by atoms with Gasteiger partial charge in [0.15, 0.2) is 0 Å². The molecule has 0 fully saturated rings. The Morgan fingerprint density at radius 1 is 0.750 bits per heavy atom. The van der Waals surface area contributed by atoms with E-state index in [1.54, 1.807) is 0 Å². The maximum Gasteiger partial charge on any atom is -0.0638 e. The summed E-state index contributed by atoms with van der Waals surface area (Å²) < 4.78 is 0. The number of benzene rings is 2. The highest BCUT2D eigenvalue weighted by molar-refractivity contribution is 5.62. The van der Waals surface area contributed by atoms with E-state index in [-0.39, 0.29) is 0 Å². The van der Waals surface area contributed by atoms with Gasteiger partial charge >= 0.3 is 0 Å². The van der Waals surface area contributed by atoms with Crippen molar-refractivity contribution in [1.29, 1.82) is 0 Å². The van der Waals surface area contributed by atoms with E-state index >= 15 is 0 Å². The van der Waals surface area contributed by atoms with Crippen molar-refractivity contribution >= 4 is 0 Å². The lowest BCUT2D eigenvalue weighted by molar-refractivity contribution is 1.61. The van der Waals surface area contributed by atoms with Crippen LogP contribution in [0.5, 0.6) is 0 Å². The zero-order valence-corrected chi connectivity index (χ0v) is 6.70. The van der Waals surface area contributed by atoms with Crippen molar-refractivity contribution in [2.75, 3.05) is 0 Å². The zero-order valence-electron chi connectivity index (χ0n) is 6.70. The lowest BCUT2D eigenvalue weighted by Gasteiger charge is -2.06. The zero-order chi connectivity index (χ0) is 8.23. The smallest absolute Gasteiger partial charge is 0.0638 e. The molecular weight excluding hydrogens is 144 g/mol. The second-order valence-electron chi connectivity index (χ2n) is 2.64. The van der Waals surface area contributed by atoms with Gasteiger partial charge in [-0.1, -0.05) is 35.9 Å². The van der Waals surface area contributed by atoms with Crippen LogP contribution in [0, 0.1) is 6.07 Å². The van der Waals surface area contributed by atoms with Crippen LogP contribution in [-0.2, 0) is 0 Å². The van der Waals surface area contributed by atoms with E-state index in [9.17, 15) is 0 Å². The van der Waals surface area contributed by atoms with Crippen LogP contribution in [0.3, 0.4) is 0 Å². The summed E-state index contributed by atoms with van der Waals surface area (Å²) in [7, 11) is 0. The van der Waals surface area contributed by atoms with Crippen LogP contribution in [0.4, 0.5) is 0 Å². The van der Waals surface area contributed by atoms with Gasteiger partial charge in [-0.05, 0) is 0 Å². The van der Waals surface area contributed by atoms with Gasteiger partial charge in [-0.15, -0.1) is 35.9 Å². The summed E-state index contributed by atoms with van der Waals surface area (Å²) in [6.07, 6.45) is 0. The van der Waals surface area contributed by atoms with Gasteiger partial charge in [0.25, 0.3) is 0 Å². The van der Waals surface area contributed by atoms with Gasteiger partial charge in [-0.25, -0.2) is 0 Å². The molecule has 0 aliphatic heterocycles. The fraction of sp³-hybridized carbons (Fsp3) is 0. The first-order valence-corrected chi connectivity index (χ1v) is 3.99. The summed E-state index contributed by atoms with van der Waals surface area (Å²) in [6.45, 7) is 0. The van der Waals surface area contributed by atoms with E-state index in [1.807, 2.05) is 36.4 Å². The molecule has 0 N–H and O–H groups in total. The average molecular weight is 153 g/mol. The van der Waals surface area contributed by atoms with Crippen LogP contribution in [0.25, 0.3) is 11.1 Å². The van der Waals surface area contributed by atoms with E-state index in [2.05, 4.69) is 24.3 Å². The molecule has 2 rings (SSSR count). The van der Waals surface area contributed by atoms with Gasteiger partial charge in [0.2, 0.25) is 0 Å². The molecule has 0 nitrogen and oxygen atoms in total. The Morgan fingerprint density at radius 3 is 2.17 bits per heavy atom. The van der Waals surface area contributed by atoms with Gasteiger partial charge in [0, 0.05) is 0 Å². The van der Waals surface area contributed by atoms with E-state index in [0.29, 0.717) is 0 Å². The van der Waals surface area contributed by atoms with E-state index in [1.165, 1.54) is 5.56 Å². The summed E-state index contributed by atoms with van der Waals surface area (Å²) in [6, 6.07) is 21.5. The molecular formula is C12H9-. The predicted molar refractivity (Wildman–Crippen MR) is 50.7 cm³/mol. The summed E-state index contributed by atoms with van der Waals surface area (Å²) in [4.78, 5) is 0. The highest BCUT2D eigenvalue weighted by Gasteiger charge is 1.83. The monoisotopic (exact) mass is 153 g/mol. The topological polar surface area (TPSA) is 0 Å². The Bertz CT molecular complexity index is 297. The molecule has 58 valence electrons. The van der Waals surface area contributed by atoms with E-state index in [0.717, 1.165) is 5.56 Å². The lowest BCUT2D eigenvalue weighted by Crippen LogP contribution is -1.74. The van der Waals surface area contributed by atoms with Crippen LogP contribution in [0.1, 0.15) is 0 Å². The van der Waals surface area contributed by atoms with Crippen molar-refractivity contribution in [3.8, 4) is 11.1 Å². The molecule has 0 spiro atoms. The minimum atomic E-state index is 1.15. The first-order chi connectivity index (χ1) is 5.97. The highest BCUT2D eigenvalue weighted by Crippen LogP contribution is 2.16. The standard InChI is InChI=1S/C12H9/c1-3-7-11(8-4-1)12-9-5-2-6-10-12/h1-9H/q-1. The molecule has 0 heteroatoms. The molecule has 0 aromatic heterocycles. The van der Waals surface area contributed by atoms with Crippen LogP contribution in [0.15, 0.2) is 54.6 Å². The van der Waals surface area contributed by atoms with Crippen molar-refractivity contribution in [3.05, 3.63) is 60.7 Å². The Hall–Kier alpha value is -1.56. The Morgan fingerprint density at radius 2 is 1.50 bits per heavy atom. The predicted octanol–water partition coefficient (Wildman–Crippen LogP) is 3.15. The maximum absolute atomic E-state index is 3.18. The van der Waals surface area contributed by atoms with E-state index in [4.69, 9.17) is 0 Å². The second kappa shape index (κ2) is 3.22. The van der Waals surface area contributed by atoms with Gasteiger partial charge in [0.05, 0.1) is 0 Å². The molecule has 0 radical (unpaired) electrons. The Kier molecular flexibility index (Phi) is 1.91. The fourth-order valence-electron chi connectivity index (χ4n) is 1.19. The quantitative estimate of drug-likeness (QED) is 0.552. The normalized spacial score (nSPS) is 9.67. The van der Waals surface area contributed by atoms with Crippen LogP contribution < -0.4 is 0 Å². The maximum atomic E-state index is 3.18. The molecule has 0 saturated carbocycles. The molecule has 12 heavy (non-hydrogen) atoms. The van der Waals surface area contributed by atoms with Gasteiger partial charge in [0.1, 0.15) is 0 Å². The Balaban J connectivity index is 2.46. The summed E-state index contributed by atoms with van der Waals surface area (Å²) in [5.74, 6) is 0. The van der Waals surface area contributed by atoms with Crippen molar-refractivity contribution in [3.63, 3.8) is 0 Å². The minimum Gasteiger partial charge on any atom is -0.147 e. The third-order valence-corrected chi connectivity index (χ3v) is 1.79. The molecule has 0 amide bonds. The van der Waals surface area contributed by atoms with Crippen molar-refractivity contribution in [1.82, 2.24) is 0 Å². The molecule has 0 aliphatic carbocycles. The highest BCUT2D eigenvalue weighted by atomic mass is 14.0. The largest absolute Gasteiger partial charge is 0.147 e. The molecule has 0 heterocycles. The molecule has 0 bridgehead atoms. The van der Waals surface area contributed by atoms with Crippen LogP contribution in [-0.4, -0.2) is 0 Å². The Labute approximate surface area is 72.5 Å². The first kappa shape index (κ1) is 7.11. The summed E-state index contributed by atoms with van der Waals surface area (Å²) in [5, 5.41) is 0. The second-order valence-corrected chi connectivity index (χ2v) is 2.64. The van der Waals surface area contributed by atoms with Crippen molar-refractivity contribution in [2.24, 2.45) is 0 Å². The first-order valence-electron chi connectivity index (χ1n) is 3.99. The van der Waals surface area contributed by atoms with Gasteiger partial charge < -0.3 is 0 Å². The fourth-order valence-corrected chi connectivity index (χ4v) is 1.19. The average Bonchev–Trinajstić information content (AvgIpc) is 2.21. The third kappa shape index (κ3) is 1.37. The molecule has 2 aromatic rings. The number of hydrogen-bond donors (Lipinski definition) is 0. The molecule has 0 saturated heterocycles. The summed E-state index contributed by atoms with van der Waals surface area (Å²) in [5.41, 5.74) is 2.37. The number of hydrogen-bond acceptors (Lipinski definition) is 0.